The topological polar surface area (TPSA) is 95.9 Å². The van der Waals surface area contributed by atoms with Crippen LogP contribution in [0.25, 0.3) is 0 Å². The number of rotatable bonds is 8. The number of ether oxygens (including phenoxy) is 1. The van der Waals surface area contributed by atoms with Crippen LogP contribution in [0.1, 0.15) is 11.7 Å². The molecular formula is C13H21NO5S. The molecule has 6 nitrogen and oxygen atoms in total. The number of hydrogen-bond acceptors (Lipinski definition) is 6. The minimum Gasteiger partial charge on any atom is -0.389 e. The minimum absolute atomic E-state index is 0.219. The van der Waals surface area contributed by atoms with Crippen molar-refractivity contribution in [1.29, 1.82) is 0 Å². The molecule has 0 heterocycles. The molecule has 0 amide bonds. The third-order valence-electron chi connectivity index (χ3n) is 2.77. The van der Waals surface area contributed by atoms with Crippen molar-refractivity contribution in [3.63, 3.8) is 0 Å². The standard InChI is InChI=1S/C13H21NO5S/c1-19-9-11(15)7-14-8-13(16)10-3-5-12(6-4-10)20(2,17)18/h3-6,11,13-16H,7-9H2,1-2H3. The van der Waals surface area contributed by atoms with Gasteiger partial charge in [0, 0.05) is 26.5 Å². The van der Waals surface area contributed by atoms with Gasteiger partial charge < -0.3 is 20.3 Å². The molecule has 0 fully saturated rings. The fraction of sp³-hybridized carbons (Fsp3) is 0.538. The third-order valence-corrected chi connectivity index (χ3v) is 3.90. The fourth-order valence-electron chi connectivity index (χ4n) is 1.69. The Morgan fingerprint density at radius 2 is 1.80 bits per heavy atom. The van der Waals surface area contributed by atoms with E-state index >= 15 is 0 Å². The summed E-state index contributed by atoms with van der Waals surface area (Å²) in [6.45, 7) is 0.803. The Morgan fingerprint density at radius 1 is 1.20 bits per heavy atom. The van der Waals surface area contributed by atoms with Gasteiger partial charge in [-0.05, 0) is 17.7 Å². The van der Waals surface area contributed by atoms with E-state index in [0.717, 1.165) is 6.26 Å². The van der Waals surface area contributed by atoms with Crippen molar-refractivity contribution in [2.75, 3.05) is 33.1 Å². The molecule has 3 N–H and O–H groups in total. The van der Waals surface area contributed by atoms with Gasteiger partial charge in [-0.3, -0.25) is 0 Å². The summed E-state index contributed by atoms with van der Waals surface area (Å²) in [5.41, 5.74) is 0.617. The first-order valence-electron chi connectivity index (χ1n) is 6.20. The molecule has 0 aliphatic heterocycles. The summed E-state index contributed by atoms with van der Waals surface area (Å²) in [6.07, 6.45) is -0.254. The van der Waals surface area contributed by atoms with Crippen LogP contribution in [0.15, 0.2) is 29.2 Å². The van der Waals surface area contributed by atoms with Crippen LogP contribution < -0.4 is 5.32 Å². The summed E-state index contributed by atoms with van der Waals surface area (Å²) in [7, 11) is -1.72. The minimum atomic E-state index is -3.22. The Bertz CT molecular complexity index is 500. The molecule has 0 aliphatic carbocycles. The lowest BCUT2D eigenvalue weighted by Gasteiger charge is -2.15. The Kier molecular flexibility index (Phi) is 6.57. The van der Waals surface area contributed by atoms with Crippen LogP contribution in [-0.4, -0.2) is 57.8 Å². The van der Waals surface area contributed by atoms with Gasteiger partial charge in [0.15, 0.2) is 9.84 Å². The number of benzene rings is 1. The van der Waals surface area contributed by atoms with Crippen LogP contribution in [0.4, 0.5) is 0 Å². The SMILES string of the molecule is COCC(O)CNCC(O)c1ccc(S(C)(=O)=O)cc1. The summed E-state index contributed by atoms with van der Waals surface area (Å²) in [5, 5.41) is 22.3. The van der Waals surface area contributed by atoms with E-state index in [1.807, 2.05) is 0 Å². The van der Waals surface area contributed by atoms with Crippen molar-refractivity contribution in [3.8, 4) is 0 Å². The summed E-state index contributed by atoms with van der Waals surface area (Å²) in [4.78, 5) is 0.219. The molecular weight excluding hydrogens is 282 g/mol. The van der Waals surface area contributed by atoms with Gasteiger partial charge in [0.05, 0.1) is 23.7 Å². The van der Waals surface area contributed by atoms with Gasteiger partial charge in [0.25, 0.3) is 0 Å². The maximum Gasteiger partial charge on any atom is 0.175 e. The van der Waals surface area contributed by atoms with E-state index in [1.165, 1.54) is 19.2 Å². The molecule has 0 radical (unpaired) electrons. The Morgan fingerprint density at radius 3 is 2.30 bits per heavy atom. The number of methoxy groups -OCH3 is 1. The average Bonchev–Trinajstić information content (AvgIpc) is 2.38. The second-order valence-corrected chi connectivity index (χ2v) is 6.64. The zero-order chi connectivity index (χ0) is 15.2. The first-order valence-corrected chi connectivity index (χ1v) is 8.09. The molecule has 114 valence electrons. The van der Waals surface area contributed by atoms with Crippen molar-refractivity contribution in [2.24, 2.45) is 0 Å². The highest BCUT2D eigenvalue weighted by atomic mass is 32.2. The molecule has 7 heteroatoms. The number of sulfone groups is 1. The Balaban J connectivity index is 2.50. The van der Waals surface area contributed by atoms with Gasteiger partial charge in [-0.2, -0.15) is 0 Å². The van der Waals surface area contributed by atoms with Crippen LogP contribution >= 0.6 is 0 Å². The maximum atomic E-state index is 11.3. The first-order chi connectivity index (χ1) is 9.34. The number of hydrogen-bond donors (Lipinski definition) is 3. The fourth-order valence-corrected chi connectivity index (χ4v) is 2.32. The molecule has 2 unspecified atom stereocenters. The van der Waals surface area contributed by atoms with Gasteiger partial charge in [-0.1, -0.05) is 12.1 Å². The van der Waals surface area contributed by atoms with E-state index in [2.05, 4.69) is 5.32 Å². The van der Waals surface area contributed by atoms with Crippen LogP contribution in [0.3, 0.4) is 0 Å². The summed E-state index contributed by atoms with van der Waals surface area (Å²) < 4.78 is 27.4. The predicted molar refractivity (Wildman–Crippen MR) is 75.3 cm³/mol. The maximum absolute atomic E-state index is 11.3. The van der Waals surface area contributed by atoms with Gasteiger partial charge in [0.1, 0.15) is 0 Å². The highest BCUT2D eigenvalue weighted by Gasteiger charge is 2.11. The van der Waals surface area contributed by atoms with E-state index in [1.54, 1.807) is 12.1 Å². The lowest BCUT2D eigenvalue weighted by Crippen LogP contribution is -2.32. The second-order valence-electron chi connectivity index (χ2n) is 4.62. The lowest BCUT2D eigenvalue weighted by molar-refractivity contribution is 0.0616. The van der Waals surface area contributed by atoms with E-state index in [9.17, 15) is 18.6 Å². The monoisotopic (exact) mass is 303 g/mol. The first kappa shape index (κ1) is 17.1. The molecule has 0 spiro atoms. The van der Waals surface area contributed by atoms with Crippen molar-refractivity contribution >= 4 is 9.84 Å². The largest absolute Gasteiger partial charge is 0.389 e. The summed E-state index contributed by atoms with van der Waals surface area (Å²) >= 11 is 0. The molecule has 2 atom stereocenters. The number of aliphatic hydroxyl groups excluding tert-OH is 2. The van der Waals surface area contributed by atoms with Gasteiger partial charge in [-0.15, -0.1) is 0 Å². The highest BCUT2D eigenvalue weighted by Crippen LogP contribution is 2.15. The second kappa shape index (κ2) is 7.70. The van der Waals surface area contributed by atoms with Crippen molar-refractivity contribution < 1.29 is 23.4 Å². The summed E-state index contributed by atoms with van der Waals surface area (Å²) in [6, 6.07) is 6.09. The smallest absolute Gasteiger partial charge is 0.175 e. The molecule has 0 aromatic heterocycles. The van der Waals surface area contributed by atoms with Gasteiger partial charge in [0.2, 0.25) is 0 Å². The van der Waals surface area contributed by atoms with Crippen molar-refractivity contribution in [2.45, 2.75) is 17.1 Å². The van der Waals surface area contributed by atoms with E-state index in [4.69, 9.17) is 4.74 Å². The van der Waals surface area contributed by atoms with E-state index in [0.29, 0.717) is 12.1 Å². The highest BCUT2D eigenvalue weighted by molar-refractivity contribution is 7.90. The molecule has 1 rings (SSSR count). The molecule has 20 heavy (non-hydrogen) atoms. The van der Waals surface area contributed by atoms with E-state index in [-0.39, 0.29) is 18.0 Å². The molecule has 0 saturated heterocycles. The van der Waals surface area contributed by atoms with E-state index < -0.39 is 22.0 Å². The number of aliphatic hydroxyl groups is 2. The zero-order valence-electron chi connectivity index (χ0n) is 11.6. The Labute approximate surface area is 119 Å². The molecule has 0 aliphatic rings. The van der Waals surface area contributed by atoms with Crippen LogP contribution in [-0.2, 0) is 14.6 Å². The normalized spacial score (nSPS) is 15.0. The lowest BCUT2D eigenvalue weighted by atomic mass is 10.1. The third kappa shape index (κ3) is 5.56. The average molecular weight is 303 g/mol. The molecule has 0 saturated carbocycles. The quantitative estimate of drug-likeness (QED) is 0.611. The zero-order valence-corrected chi connectivity index (χ0v) is 12.4. The molecule has 0 bridgehead atoms. The predicted octanol–water partition coefficient (Wildman–Crippen LogP) is -0.280. The molecule has 1 aromatic rings. The van der Waals surface area contributed by atoms with Crippen molar-refractivity contribution in [3.05, 3.63) is 29.8 Å². The Hall–Kier alpha value is -0.990. The van der Waals surface area contributed by atoms with Gasteiger partial charge >= 0.3 is 0 Å². The van der Waals surface area contributed by atoms with Gasteiger partial charge in [-0.25, -0.2) is 8.42 Å². The van der Waals surface area contributed by atoms with Crippen LogP contribution in [0.5, 0.6) is 0 Å². The van der Waals surface area contributed by atoms with Crippen LogP contribution in [0.2, 0.25) is 0 Å². The van der Waals surface area contributed by atoms with Crippen LogP contribution in [0, 0.1) is 0 Å². The molecule has 1 aromatic carbocycles. The van der Waals surface area contributed by atoms with Crippen molar-refractivity contribution in [1.82, 2.24) is 5.32 Å². The number of nitrogens with one attached hydrogen (secondary N) is 1. The summed E-state index contributed by atoms with van der Waals surface area (Å²) in [5.74, 6) is 0.